The molecule has 0 saturated carbocycles. The van der Waals surface area contributed by atoms with E-state index in [1.165, 1.54) is 28.6 Å². The third-order valence-corrected chi connectivity index (χ3v) is 7.43. The summed E-state index contributed by atoms with van der Waals surface area (Å²) >= 11 is 0. The number of anilines is 2. The molecule has 0 spiro atoms. The Kier molecular flexibility index (Phi) is 6.30. The van der Waals surface area contributed by atoms with Crippen LogP contribution in [0.2, 0.25) is 0 Å². The van der Waals surface area contributed by atoms with Gasteiger partial charge in [0.1, 0.15) is 0 Å². The number of para-hydroxylation sites is 1. The van der Waals surface area contributed by atoms with Crippen LogP contribution in [0, 0.1) is 0 Å². The molecule has 4 aromatic rings. The Morgan fingerprint density at radius 3 is 2.47 bits per heavy atom. The van der Waals surface area contributed by atoms with Gasteiger partial charge < -0.3 is 13.9 Å². The molecule has 36 heavy (non-hydrogen) atoms. The van der Waals surface area contributed by atoms with Gasteiger partial charge in [0.25, 0.3) is 15.9 Å². The van der Waals surface area contributed by atoms with Crippen LogP contribution in [-0.4, -0.2) is 37.9 Å². The standard InChI is InChI=1S/C25H22N4O6S/c1-2-29(19-6-4-3-5-7-19)36(31,32)20-11-9-18(10-12-20)24(30)26-25-28-27-23(35-25)15-17-8-13-21-22(14-17)34-16-33-21/h3-14H,2,15-16H2,1H3,(H,26,28,30). The Labute approximate surface area is 207 Å². The minimum Gasteiger partial charge on any atom is -0.454 e. The van der Waals surface area contributed by atoms with Gasteiger partial charge in [-0.05, 0) is 61.0 Å². The lowest BCUT2D eigenvalue weighted by Crippen LogP contribution is -2.30. The summed E-state index contributed by atoms with van der Waals surface area (Å²) in [5, 5.41) is 10.4. The molecule has 2 heterocycles. The molecule has 0 radical (unpaired) electrons. The van der Waals surface area contributed by atoms with E-state index in [2.05, 4.69) is 15.5 Å². The predicted octanol–water partition coefficient (Wildman–Crippen LogP) is 3.86. The van der Waals surface area contributed by atoms with E-state index in [0.29, 0.717) is 29.5 Å². The highest BCUT2D eigenvalue weighted by Gasteiger charge is 2.24. The first-order valence-corrected chi connectivity index (χ1v) is 12.6. The number of aromatic nitrogens is 2. The second-order valence-corrected chi connectivity index (χ2v) is 9.71. The molecule has 1 aromatic heterocycles. The van der Waals surface area contributed by atoms with Crippen molar-refractivity contribution >= 4 is 27.6 Å². The van der Waals surface area contributed by atoms with Crippen molar-refractivity contribution in [1.82, 2.24) is 10.2 Å². The fourth-order valence-electron chi connectivity index (χ4n) is 3.76. The van der Waals surface area contributed by atoms with E-state index in [9.17, 15) is 13.2 Å². The van der Waals surface area contributed by atoms with Gasteiger partial charge in [-0.15, -0.1) is 5.10 Å². The van der Waals surface area contributed by atoms with Gasteiger partial charge in [-0.3, -0.25) is 14.4 Å². The molecule has 1 aliphatic rings. The molecule has 0 aliphatic carbocycles. The van der Waals surface area contributed by atoms with Gasteiger partial charge in [0.2, 0.25) is 12.7 Å². The van der Waals surface area contributed by atoms with Crippen LogP contribution in [0.1, 0.15) is 28.7 Å². The van der Waals surface area contributed by atoms with Gasteiger partial charge in [0, 0.05) is 12.1 Å². The monoisotopic (exact) mass is 506 g/mol. The normalized spacial score (nSPS) is 12.4. The van der Waals surface area contributed by atoms with Crippen molar-refractivity contribution in [3.8, 4) is 11.5 Å². The van der Waals surface area contributed by atoms with Crippen molar-refractivity contribution < 1.29 is 27.1 Å². The fraction of sp³-hybridized carbons (Fsp3) is 0.160. The molecule has 5 rings (SSSR count). The summed E-state index contributed by atoms with van der Waals surface area (Å²) in [4.78, 5) is 12.7. The fourth-order valence-corrected chi connectivity index (χ4v) is 5.24. The van der Waals surface area contributed by atoms with Crippen LogP contribution < -0.4 is 19.1 Å². The number of nitrogens with one attached hydrogen (secondary N) is 1. The third-order valence-electron chi connectivity index (χ3n) is 5.52. The van der Waals surface area contributed by atoms with E-state index in [0.717, 1.165) is 5.56 Å². The zero-order valence-electron chi connectivity index (χ0n) is 19.2. The summed E-state index contributed by atoms with van der Waals surface area (Å²) in [5.41, 5.74) is 1.69. The van der Waals surface area contributed by atoms with E-state index in [4.69, 9.17) is 13.9 Å². The highest BCUT2D eigenvalue weighted by molar-refractivity contribution is 7.92. The number of carbonyl (C=O) groups is 1. The molecule has 0 atom stereocenters. The summed E-state index contributed by atoms with van der Waals surface area (Å²) in [7, 11) is -3.79. The van der Waals surface area contributed by atoms with Crippen LogP contribution >= 0.6 is 0 Å². The Hall–Kier alpha value is -4.38. The van der Waals surface area contributed by atoms with Crippen molar-refractivity contribution in [2.75, 3.05) is 23.0 Å². The van der Waals surface area contributed by atoms with Crippen molar-refractivity contribution in [2.24, 2.45) is 0 Å². The topological polar surface area (TPSA) is 124 Å². The Morgan fingerprint density at radius 2 is 1.72 bits per heavy atom. The summed E-state index contributed by atoms with van der Waals surface area (Å²) in [6, 6.07) is 19.9. The summed E-state index contributed by atoms with van der Waals surface area (Å²) < 4.78 is 43.8. The molecule has 0 unspecified atom stereocenters. The molecule has 1 N–H and O–H groups in total. The number of amides is 1. The number of nitrogens with zero attached hydrogens (tertiary/aromatic N) is 3. The highest BCUT2D eigenvalue weighted by Crippen LogP contribution is 2.33. The first kappa shape index (κ1) is 23.4. The maximum Gasteiger partial charge on any atom is 0.322 e. The quantitative estimate of drug-likeness (QED) is 0.382. The van der Waals surface area contributed by atoms with Crippen molar-refractivity contribution in [3.05, 3.63) is 89.8 Å². The number of hydrogen-bond donors (Lipinski definition) is 1. The number of carbonyl (C=O) groups excluding carboxylic acids is 1. The highest BCUT2D eigenvalue weighted by atomic mass is 32.2. The van der Waals surface area contributed by atoms with Crippen LogP contribution in [0.25, 0.3) is 0 Å². The first-order chi connectivity index (χ1) is 17.4. The molecule has 1 aliphatic heterocycles. The molecule has 0 saturated heterocycles. The van der Waals surface area contributed by atoms with Gasteiger partial charge in [0.15, 0.2) is 11.5 Å². The smallest absolute Gasteiger partial charge is 0.322 e. The average molecular weight is 507 g/mol. The van der Waals surface area contributed by atoms with E-state index >= 15 is 0 Å². The Balaban J connectivity index is 1.25. The number of benzene rings is 3. The molecule has 3 aromatic carbocycles. The lowest BCUT2D eigenvalue weighted by Gasteiger charge is -2.22. The van der Waals surface area contributed by atoms with Gasteiger partial charge >= 0.3 is 6.01 Å². The van der Waals surface area contributed by atoms with Gasteiger partial charge in [-0.25, -0.2) is 8.42 Å². The maximum absolute atomic E-state index is 13.1. The number of fused-ring (bicyclic) bond motifs is 1. The molecule has 0 fully saturated rings. The molecule has 184 valence electrons. The Bertz CT molecular complexity index is 1490. The van der Waals surface area contributed by atoms with Crippen LogP contribution in [0.3, 0.4) is 0 Å². The predicted molar refractivity (Wildman–Crippen MR) is 131 cm³/mol. The minimum absolute atomic E-state index is 0.0614. The lowest BCUT2D eigenvalue weighted by atomic mass is 10.1. The number of ether oxygens (including phenoxy) is 2. The molecular weight excluding hydrogens is 484 g/mol. The van der Waals surface area contributed by atoms with Crippen LogP contribution in [-0.2, 0) is 16.4 Å². The van der Waals surface area contributed by atoms with Crippen LogP contribution in [0.15, 0.2) is 82.1 Å². The molecule has 11 heteroatoms. The second-order valence-electron chi connectivity index (χ2n) is 7.85. The zero-order valence-corrected chi connectivity index (χ0v) is 20.1. The average Bonchev–Trinajstić information content (AvgIpc) is 3.54. The van der Waals surface area contributed by atoms with E-state index in [1.807, 2.05) is 18.2 Å². The number of hydrogen-bond acceptors (Lipinski definition) is 8. The van der Waals surface area contributed by atoms with Gasteiger partial charge in [0.05, 0.1) is 17.0 Å². The van der Waals surface area contributed by atoms with Crippen LogP contribution in [0.4, 0.5) is 11.7 Å². The largest absolute Gasteiger partial charge is 0.454 e. The van der Waals surface area contributed by atoms with Crippen LogP contribution in [0.5, 0.6) is 11.5 Å². The SMILES string of the molecule is CCN(c1ccccc1)S(=O)(=O)c1ccc(C(=O)Nc2nnc(Cc3ccc4c(c3)OCO4)o2)cc1. The first-order valence-electron chi connectivity index (χ1n) is 11.1. The number of sulfonamides is 1. The van der Waals surface area contributed by atoms with Gasteiger partial charge in [-0.2, -0.15) is 0 Å². The van der Waals surface area contributed by atoms with Crippen molar-refractivity contribution in [1.29, 1.82) is 0 Å². The van der Waals surface area contributed by atoms with E-state index < -0.39 is 15.9 Å². The summed E-state index contributed by atoms with van der Waals surface area (Å²) in [6.07, 6.45) is 0.349. The molecular formula is C25H22N4O6S. The van der Waals surface area contributed by atoms with Crippen molar-refractivity contribution in [2.45, 2.75) is 18.2 Å². The maximum atomic E-state index is 13.1. The molecule has 1 amide bonds. The number of rotatable bonds is 8. The zero-order chi connectivity index (χ0) is 25.1. The summed E-state index contributed by atoms with van der Waals surface area (Å²) in [6.45, 7) is 2.21. The summed E-state index contributed by atoms with van der Waals surface area (Å²) in [5.74, 6) is 1.13. The molecule has 0 bridgehead atoms. The third kappa shape index (κ3) is 4.73. The lowest BCUT2D eigenvalue weighted by molar-refractivity contribution is 0.102. The molecule has 10 nitrogen and oxygen atoms in total. The van der Waals surface area contributed by atoms with E-state index in [-0.39, 0.29) is 29.8 Å². The van der Waals surface area contributed by atoms with E-state index in [1.54, 1.807) is 37.3 Å². The Morgan fingerprint density at radius 1 is 0.972 bits per heavy atom. The second kappa shape index (κ2) is 9.70. The van der Waals surface area contributed by atoms with Crippen molar-refractivity contribution in [3.63, 3.8) is 0 Å². The van der Waals surface area contributed by atoms with Gasteiger partial charge in [-0.1, -0.05) is 29.4 Å². The minimum atomic E-state index is -3.79.